The van der Waals surface area contributed by atoms with Crippen molar-refractivity contribution >= 4 is 18.2 Å². The van der Waals surface area contributed by atoms with Crippen molar-refractivity contribution in [2.24, 2.45) is 10.9 Å². The Balaban J connectivity index is 2.98. The Hall–Kier alpha value is -1.11. The van der Waals surface area contributed by atoms with E-state index in [1.165, 1.54) is 12.1 Å². The van der Waals surface area contributed by atoms with E-state index in [-0.39, 0.29) is 11.6 Å². The predicted molar refractivity (Wildman–Crippen MR) is 56.2 cm³/mol. The Morgan fingerprint density at radius 3 is 2.73 bits per heavy atom. The lowest BCUT2D eigenvalue weighted by Crippen LogP contribution is -2.09. The third kappa shape index (κ3) is 2.92. The molecule has 0 saturated carbocycles. The van der Waals surface area contributed by atoms with Crippen LogP contribution >= 0.6 is 12.2 Å². The van der Waals surface area contributed by atoms with Crippen LogP contribution < -0.4 is 10.9 Å². The highest BCUT2D eigenvalue weighted by Gasteiger charge is 2.14. The Bertz CT molecular complexity index is 371. The second kappa shape index (κ2) is 5.11. The molecule has 0 saturated heterocycles. The fraction of sp³-hybridized carbons (Fsp3) is 0.222. The number of carbonyl (C=O) groups is 1. The topological polar surface area (TPSA) is 78.3 Å². The molecule has 0 fully saturated rings. The van der Waals surface area contributed by atoms with Crippen molar-refractivity contribution in [3.63, 3.8) is 0 Å². The molecule has 1 aromatic rings. The molecule has 0 radical (unpaired) electrons. The third-order valence-electron chi connectivity index (χ3n) is 1.86. The molecule has 82 valence electrons. The van der Waals surface area contributed by atoms with Crippen LogP contribution in [-0.4, -0.2) is 5.97 Å². The average molecular weight is 230 g/mol. The molecule has 15 heavy (non-hydrogen) atoms. The minimum atomic E-state index is -0.809. The minimum Gasteiger partial charge on any atom is -0.371 e. The molecule has 0 spiro atoms. The van der Waals surface area contributed by atoms with Crippen molar-refractivity contribution in [3.8, 4) is 0 Å². The van der Waals surface area contributed by atoms with Crippen molar-refractivity contribution in [2.75, 3.05) is 0 Å². The van der Waals surface area contributed by atoms with E-state index in [0.717, 1.165) is 0 Å². The van der Waals surface area contributed by atoms with Gasteiger partial charge in [-0.05, 0) is 24.6 Å². The molecule has 4 nitrogen and oxygen atoms in total. The molecule has 4 N–H and O–H groups in total. The van der Waals surface area contributed by atoms with Gasteiger partial charge in [-0.2, -0.15) is 0 Å². The maximum atomic E-state index is 13.4. The van der Waals surface area contributed by atoms with E-state index < -0.39 is 11.8 Å². The molecule has 0 heterocycles. The van der Waals surface area contributed by atoms with Crippen LogP contribution in [0.4, 0.5) is 4.39 Å². The molecule has 0 aromatic heterocycles. The number of hydrogen-bond acceptors (Lipinski definition) is 5. The molecule has 0 aliphatic heterocycles. The normalized spacial score (nSPS) is 12.3. The number of carbonyl (C=O) groups excluding carboxylic acids is 1. The van der Waals surface area contributed by atoms with Gasteiger partial charge in [0.1, 0.15) is 18.0 Å². The Morgan fingerprint density at radius 2 is 2.27 bits per heavy atom. The van der Waals surface area contributed by atoms with E-state index in [0.29, 0.717) is 17.8 Å². The van der Waals surface area contributed by atoms with Gasteiger partial charge in [0.25, 0.3) is 0 Å². The standard InChI is InChI=1S/C9H11FN2O2S/c1-5(11)6-2-3-7(8(10)4-6)9(13)14-15-12/h2-5H,11-12H2,1H3/t5-/m1/s1. The van der Waals surface area contributed by atoms with Gasteiger partial charge in [-0.15, -0.1) is 0 Å². The van der Waals surface area contributed by atoms with Crippen LogP contribution in [0, 0.1) is 5.82 Å². The lowest BCUT2D eigenvalue weighted by Gasteiger charge is -2.07. The van der Waals surface area contributed by atoms with E-state index in [4.69, 9.17) is 10.9 Å². The second-order valence-corrected chi connectivity index (χ2v) is 3.35. The molecule has 6 heteroatoms. The predicted octanol–water partition coefficient (Wildman–Crippen LogP) is 1.52. The number of benzene rings is 1. The number of nitrogens with two attached hydrogens (primary N) is 2. The summed E-state index contributed by atoms with van der Waals surface area (Å²) in [4.78, 5) is 11.2. The molecule has 0 aliphatic rings. The fourth-order valence-corrected chi connectivity index (χ4v) is 1.25. The lowest BCUT2D eigenvalue weighted by molar-refractivity contribution is 0.0763. The molecular formula is C9H11FN2O2S. The monoisotopic (exact) mass is 230 g/mol. The van der Waals surface area contributed by atoms with Gasteiger partial charge < -0.3 is 9.92 Å². The first-order valence-electron chi connectivity index (χ1n) is 4.19. The number of rotatable bonds is 3. The van der Waals surface area contributed by atoms with Gasteiger partial charge in [0, 0.05) is 6.04 Å². The van der Waals surface area contributed by atoms with Crippen LogP contribution in [0.5, 0.6) is 0 Å². The maximum absolute atomic E-state index is 13.4. The summed E-state index contributed by atoms with van der Waals surface area (Å²) >= 11 is 0.383. The fourth-order valence-electron chi connectivity index (χ4n) is 1.07. The smallest absolute Gasteiger partial charge is 0.354 e. The van der Waals surface area contributed by atoms with Crippen molar-refractivity contribution in [1.29, 1.82) is 0 Å². The Morgan fingerprint density at radius 1 is 1.60 bits per heavy atom. The summed E-state index contributed by atoms with van der Waals surface area (Å²) in [6.07, 6.45) is 0. The van der Waals surface area contributed by atoms with Crippen LogP contribution in [0.3, 0.4) is 0 Å². The summed E-state index contributed by atoms with van der Waals surface area (Å²) in [6, 6.07) is 3.83. The molecule has 1 rings (SSSR count). The van der Waals surface area contributed by atoms with Gasteiger partial charge in [0.05, 0.1) is 5.56 Å². The first-order chi connectivity index (χ1) is 7.06. The third-order valence-corrected chi connectivity index (χ3v) is 2.11. The molecule has 1 atom stereocenters. The van der Waals surface area contributed by atoms with Crippen molar-refractivity contribution in [2.45, 2.75) is 13.0 Å². The quantitative estimate of drug-likeness (QED) is 0.608. The van der Waals surface area contributed by atoms with E-state index in [2.05, 4.69) is 4.18 Å². The van der Waals surface area contributed by atoms with Gasteiger partial charge in [-0.3, -0.25) is 0 Å². The molecule has 0 aliphatic carbocycles. The molecule has 0 unspecified atom stereocenters. The first kappa shape index (κ1) is 12.0. The van der Waals surface area contributed by atoms with Crippen LogP contribution in [0.15, 0.2) is 18.2 Å². The summed E-state index contributed by atoms with van der Waals surface area (Å²) in [5, 5.41) is 4.93. The highest BCUT2D eigenvalue weighted by atomic mass is 32.2. The number of hydrogen-bond donors (Lipinski definition) is 2. The summed E-state index contributed by atoms with van der Waals surface area (Å²) in [5.41, 5.74) is 6.02. The summed E-state index contributed by atoms with van der Waals surface area (Å²) in [5.74, 6) is -1.47. The SMILES string of the molecule is C[C@@H](N)c1ccc(C(=O)OSN)c(F)c1. The maximum Gasteiger partial charge on any atom is 0.354 e. The lowest BCUT2D eigenvalue weighted by atomic mass is 10.1. The van der Waals surface area contributed by atoms with Crippen molar-refractivity contribution < 1.29 is 13.4 Å². The average Bonchev–Trinajstić information content (AvgIpc) is 2.17. The molecular weight excluding hydrogens is 219 g/mol. The Labute approximate surface area is 91.1 Å². The van der Waals surface area contributed by atoms with Crippen molar-refractivity contribution in [3.05, 3.63) is 35.1 Å². The first-order valence-corrected chi connectivity index (χ1v) is 4.99. The van der Waals surface area contributed by atoms with Crippen molar-refractivity contribution in [1.82, 2.24) is 0 Å². The van der Waals surface area contributed by atoms with Crippen LogP contribution in [-0.2, 0) is 4.18 Å². The summed E-state index contributed by atoms with van der Waals surface area (Å²) < 4.78 is 17.8. The highest BCUT2D eigenvalue weighted by Crippen LogP contribution is 2.16. The highest BCUT2D eigenvalue weighted by molar-refractivity contribution is 7.92. The van der Waals surface area contributed by atoms with Crippen LogP contribution in [0.25, 0.3) is 0 Å². The minimum absolute atomic E-state index is 0.155. The van der Waals surface area contributed by atoms with Crippen LogP contribution in [0.1, 0.15) is 28.9 Å². The molecule has 0 bridgehead atoms. The van der Waals surface area contributed by atoms with E-state index >= 15 is 0 Å². The molecule has 1 aromatic carbocycles. The van der Waals surface area contributed by atoms with E-state index in [1.807, 2.05) is 0 Å². The van der Waals surface area contributed by atoms with Gasteiger partial charge in [0.2, 0.25) is 0 Å². The zero-order valence-electron chi connectivity index (χ0n) is 8.07. The summed E-state index contributed by atoms with van der Waals surface area (Å²) in [7, 11) is 0. The zero-order chi connectivity index (χ0) is 11.4. The van der Waals surface area contributed by atoms with E-state index in [1.54, 1.807) is 13.0 Å². The second-order valence-electron chi connectivity index (χ2n) is 2.99. The van der Waals surface area contributed by atoms with Gasteiger partial charge in [-0.25, -0.2) is 14.3 Å². The van der Waals surface area contributed by atoms with Crippen LogP contribution in [0.2, 0.25) is 0 Å². The summed E-state index contributed by atoms with van der Waals surface area (Å²) in [6.45, 7) is 1.72. The Kier molecular flexibility index (Phi) is 4.07. The number of halogens is 1. The van der Waals surface area contributed by atoms with Gasteiger partial charge >= 0.3 is 5.97 Å². The largest absolute Gasteiger partial charge is 0.371 e. The molecule has 0 amide bonds. The zero-order valence-corrected chi connectivity index (χ0v) is 8.88. The van der Waals surface area contributed by atoms with Gasteiger partial charge in [0.15, 0.2) is 0 Å². The van der Waals surface area contributed by atoms with E-state index in [9.17, 15) is 9.18 Å². The van der Waals surface area contributed by atoms with Gasteiger partial charge in [-0.1, -0.05) is 6.07 Å².